The number of rotatable bonds is 4. The third-order valence-electron chi connectivity index (χ3n) is 2.67. The molecule has 15 heavy (non-hydrogen) atoms. The van der Waals surface area contributed by atoms with Crippen LogP contribution in [0.2, 0.25) is 0 Å². The zero-order valence-electron chi connectivity index (χ0n) is 9.79. The number of hydrogen-bond donors (Lipinski definition) is 2. The third kappa shape index (κ3) is 2.49. The molecule has 3 nitrogen and oxygen atoms in total. The van der Waals surface area contributed by atoms with Crippen molar-refractivity contribution in [3.8, 4) is 5.75 Å². The first-order valence-electron chi connectivity index (χ1n) is 5.08. The van der Waals surface area contributed by atoms with Crippen molar-refractivity contribution in [3.63, 3.8) is 0 Å². The van der Waals surface area contributed by atoms with Crippen molar-refractivity contribution in [1.82, 2.24) is 5.32 Å². The molecular formula is C12H19NO2. The summed E-state index contributed by atoms with van der Waals surface area (Å²) in [7, 11) is 3.45. The second-order valence-corrected chi connectivity index (χ2v) is 3.70. The van der Waals surface area contributed by atoms with Crippen molar-refractivity contribution in [2.24, 2.45) is 0 Å². The molecule has 0 aliphatic heterocycles. The Morgan fingerprint density at radius 1 is 1.40 bits per heavy atom. The average Bonchev–Trinajstić information content (AvgIpc) is 2.22. The smallest absolute Gasteiger partial charge is 0.127 e. The van der Waals surface area contributed by atoms with E-state index in [-0.39, 0.29) is 0 Å². The molecule has 0 aromatic heterocycles. The standard InChI is InChI=1S/C12H19NO2/c1-8-5-6-10(11(14)7-13-3)12(15-4)9(8)2/h5-6,11,13-14H,7H2,1-4H3. The van der Waals surface area contributed by atoms with E-state index in [0.29, 0.717) is 6.54 Å². The zero-order chi connectivity index (χ0) is 11.4. The van der Waals surface area contributed by atoms with Crippen molar-refractivity contribution in [3.05, 3.63) is 28.8 Å². The monoisotopic (exact) mass is 209 g/mol. The molecule has 0 spiro atoms. The van der Waals surface area contributed by atoms with Crippen LogP contribution in [0.3, 0.4) is 0 Å². The highest BCUT2D eigenvalue weighted by Gasteiger charge is 2.15. The van der Waals surface area contributed by atoms with Crippen molar-refractivity contribution in [1.29, 1.82) is 0 Å². The van der Waals surface area contributed by atoms with Crippen LogP contribution >= 0.6 is 0 Å². The molecule has 0 saturated carbocycles. The first-order chi connectivity index (χ1) is 7.11. The summed E-state index contributed by atoms with van der Waals surface area (Å²) in [5.74, 6) is 0.790. The van der Waals surface area contributed by atoms with Gasteiger partial charge in [-0.3, -0.25) is 0 Å². The quantitative estimate of drug-likeness (QED) is 0.790. The normalized spacial score (nSPS) is 12.6. The fourth-order valence-electron chi connectivity index (χ4n) is 1.65. The third-order valence-corrected chi connectivity index (χ3v) is 2.67. The Morgan fingerprint density at radius 3 is 2.60 bits per heavy atom. The van der Waals surface area contributed by atoms with Crippen LogP contribution in [0.1, 0.15) is 22.8 Å². The van der Waals surface area contributed by atoms with Crippen LogP contribution < -0.4 is 10.1 Å². The molecule has 0 fully saturated rings. The van der Waals surface area contributed by atoms with Gasteiger partial charge in [0, 0.05) is 12.1 Å². The van der Waals surface area contributed by atoms with Gasteiger partial charge >= 0.3 is 0 Å². The van der Waals surface area contributed by atoms with Crippen LogP contribution in [-0.4, -0.2) is 25.8 Å². The van der Waals surface area contributed by atoms with Gasteiger partial charge in [0.15, 0.2) is 0 Å². The number of methoxy groups -OCH3 is 1. The number of benzene rings is 1. The molecule has 1 aromatic rings. The molecule has 0 aliphatic carbocycles. The number of nitrogens with one attached hydrogen (secondary N) is 1. The van der Waals surface area contributed by atoms with Gasteiger partial charge in [-0.2, -0.15) is 0 Å². The zero-order valence-corrected chi connectivity index (χ0v) is 9.79. The predicted octanol–water partition coefficient (Wildman–Crippen LogP) is 1.56. The Labute approximate surface area is 91.1 Å². The number of ether oxygens (including phenoxy) is 1. The highest BCUT2D eigenvalue weighted by atomic mass is 16.5. The minimum atomic E-state index is -0.524. The van der Waals surface area contributed by atoms with Gasteiger partial charge in [-0.05, 0) is 32.0 Å². The van der Waals surface area contributed by atoms with E-state index in [9.17, 15) is 5.11 Å². The maximum atomic E-state index is 9.91. The number of likely N-dealkylation sites (N-methyl/N-ethyl adjacent to an activating group) is 1. The SMILES string of the molecule is CNCC(O)c1ccc(C)c(C)c1OC. The largest absolute Gasteiger partial charge is 0.496 e. The Balaban J connectivity index is 3.12. The molecule has 84 valence electrons. The summed E-state index contributed by atoms with van der Waals surface area (Å²) < 4.78 is 5.34. The number of aliphatic hydroxyl groups excluding tert-OH is 1. The van der Waals surface area contributed by atoms with E-state index >= 15 is 0 Å². The van der Waals surface area contributed by atoms with E-state index in [4.69, 9.17) is 4.74 Å². The molecular weight excluding hydrogens is 190 g/mol. The molecule has 1 atom stereocenters. The molecule has 1 unspecified atom stereocenters. The Kier molecular flexibility index (Phi) is 4.12. The molecule has 2 N–H and O–H groups in total. The summed E-state index contributed by atoms with van der Waals surface area (Å²) in [5.41, 5.74) is 3.10. The minimum Gasteiger partial charge on any atom is -0.496 e. The molecule has 1 rings (SSSR count). The van der Waals surface area contributed by atoms with Gasteiger partial charge < -0.3 is 15.2 Å². The summed E-state index contributed by atoms with van der Waals surface area (Å²) in [4.78, 5) is 0. The number of hydrogen-bond acceptors (Lipinski definition) is 3. The molecule has 0 amide bonds. The fraction of sp³-hybridized carbons (Fsp3) is 0.500. The van der Waals surface area contributed by atoms with E-state index in [2.05, 4.69) is 5.32 Å². The second kappa shape index (κ2) is 5.14. The van der Waals surface area contributed by atoms with Crippen LogP contribution in [-0.2, 0) is 0 Å². The number of aliphatic hydroxyl groups is 1. The number of aryl methyl sites for hydroxylation is 1. The van der Waals surface area contributed by atoms with E-state index < -0.39 is 6.10 Å². The first-order valence-corrected chi connectivity index (χ1v) is 5.08. The van der Waals surface area contributed by atoms with Gasteiger partial charge in [-0.25, -0.2) is 0 Å². The summed E-state index contributed by atoms with van der Waals surface area (Å²) in [6.07, 6.45) is -0.524. The topological polar surface area (TPSA) is 41.5 Å². The van der Waals surface area contributed by atoms with Crippen LogP contribution in [0, 0.1) is 13.8 Å². The van der Waals surface area contributed by atoms with Gasteiger partial charge in [0.05, 0.1) is 13.2 Å². The van der Waals surface area contributed by atoms with Crippen molar-refractivity contribution in [2.75, 3.05) is 20.7 Å². The average molecular weight is 209 g/mol. The summed E-state index contributed by atoms with van der Waals surface area (Å²) in [6.45, 7) is 4.56. The highest BCUT2D eigenvalue weighted by molar-refractivity contribution is 5.46. The first kappa shape index (κ1) is 12.0. The van der Waals surface area contributed by atoms with Crippen LogP contribution in [0.25, 0.3) is 0 Å². The van der Waals surface area contributed by atoms with Gasteiger partial charge in [-0.15, -0.1) is 0 Å². The Hall–Kier alpha value is -1.06. The van der Waals surface area contributed by atoms with Gasteiger partial charge in [0.1, 0.15) is 5.75 Å². The highest BCUT2D eigenvalue weighted by Crippen LogP contribution is 2.30. The summed E-state index contributed by atoms with van der Waals surface area (Å²) >= 11 is 0. The molecule has 0 radical (unpaired) electrons. The lowest BCUT2D eigenvalue weighted by Crippen LogP contribution is -2.17. The van der Waals surface area contributed by atoms with Gasteiger partial charge in [0.25, 0.3) is 0 Å². The molecule has 1 aromatic carbocycles. The fourth-order valence-corrected chi connectivity index (χ4v) is 1.65. The maximum absolute atomic E-state index is 9.91. The lowest BCUT2D eigenvalue weighted by atomic mass is 10.0. The molecule has 0 saturated heterocycles. The molecule has 0 bridgehead atoms. The van der Waals surface area contributed by atoms with Crippen LogP contribution in [0.4, 0.5) is 0 Å². The second-order valence-electron chi connectivity index (χ2n) is 3.70. The summed E-state index contributed by atoms with van der Waals surface area (Å²) in [5, 5.41) is 12.9. The lowest BCUT2D eigenvalue weighted by Gasteiger charge is -2.17. The van der Waals surface area contributed by atoms with Gasteiger partial charge in [0.2, 0.25) is 0 Å². The van der Waals surface area contributed by atoms with Crippen LogP contribution in [0.5, 0.6) is 5.75 Å². The molecule has 0 heterocycles. The minimum absolute atomic E-state index is 0.524. The van der Waals surface area contributed by atoms with Crippen molar-refractivity contribution in [2.45, 2.75) is 20.0 Å². The lowest BCUT2D eigenvalue weighted by molar-refractivity contribution is 0.173. The van der Waals surface area contributed by atoms with Crippen molar-refractivity contribution >= 4 is 0 Å². The Bertz CT molecular complexity index is 337. The molecule has 3 heteroatoms. The predicted molar refractivity (Wildman–Crippen MR) is 61.4 cm³/mol. The Morgan fingerprint density at radius 2 is 2.07 bits per heavy atom. The van der Waals surface area contributed by atoms with E-state index in [1.54, 1.807) is 7.11 Å². The van der Waals surface area contributed by atoms with Gasteiger partial charge in [-0.1, -0.05) is 12.1 Å². The maximum Gasteiger partial charge on any atom is 0.127 e. The van der Waals surface area contributed by atoms with E-state index in [1.165, 1.54) is 5.56 Å². The van der Waals surface area contributed by atoms with Crippen molar-refractivity contribution < 1.29 is 9.84 Å². The molecule has 0 aliphatic rings. The van der Waals surface area contributed by atoms with Crippen LogP contribution in [0.15, 0.2) is 12.1 Å². The summed E-state index contributed by atoms with van der Waals surface area (Å²) in [6, 6.07) is 3.93. The van der Waals surface area contributed by atoms with E-state index in [0.717, 1.165) is 16.9 Å². The van der Waals surface area contributed by atoms with E-state index in [1.807, 2.05) is 33.0 Å².